The highest BCUT2D eigenvalue weighted by Gasteiger charge is 2.25. The molecule has 0 radical (unpaired) electrons. The Morgan fingerprint density at radius 1 is 1.00 bits per heavy atom. The van der Waals surface area contributed by atoms with Gasteiger partial charge in [-0.15, -0.1) is 11.3 Å². The molecule has 0 bridgehead atoms. The van der Waals surface area contributed by atoms with Gasteiger partial charge < -0.3 is 5.32 Å². The second kappa shape index (κ2) is 6.15. The van der Waals surface area contributed by atoms with Crippen LogP contribution in [0.15, 0.2) is 60.8 Å². The molecule has 4 rings (SSSR count). The molecule has 1 aliphatic rings. The first-order valence-corrected chi connectivity index (χ1v) is 8.26. The number of benzene rings is 1. The molecule has 1 amide bonds. The molecule has 3 heterocycles. The Balaban J connectivity index is 1.62. The lowest BCUT2D eigenvalue weighted by Crippen LogP contribution is -2.03. The van der Waals surface area contributed by atoms with Crippen molar-refractivity contribution in [1.29, 1.82) is 0 Å². The molecule has 1 aromatic carbocycles. The molecule has 3 nitrogen and oxygen atoms in total. The van der Waals surface area contributed by atoms with E-state index in [1.54, 1.807) is 17.5 Å². The predicted molar refractivity (Wildman–Crippen MR) is 97.5 cm³/mol. The predicted octanol–water partition coefficient (Wildman–Crippen LogP) is 4.04. The van der Waals surface area contributed by atoms with Crippen LogP contribution in [0, 0.1) is 11.8 Å². The monoisotopic (exact) mass is 328 g/mol. The van der Waals surface area contributed by atoms with Crippen LogP contribution in [0.5, 0.6) is 0 Å². The molecule has 0 saturated heterocycles. The third kappa shape index (κ3) is 2.85. The number of anilines is 1. The summed E-state index contributed by atoms with van der Waals surface area (Å²) in [5.41, 5.74) is 3.04. The second-order valence-electron chi connectivity index (χ2n) is 5.23. The second-order valence-corrected chi connectivity index (χ2v) is 6.35. The fraction of sp³-hybridized carbons (Fsp3) is 0. The molecule has 0 fully saturated rings. The van der Waals surface area contributed by atoms with Gasteiger partial charge in [0.1, 0.15) is 0 Å². The number of fused-ring (bicyclic) bond motifs is 1. The third-order valence-corrected chi connectivity index (χ3v) is 4.52. The van der Waals surface area contributed by atoms with Crippen molar-refractivity contribution in [2.45, 2.75) is 0 Å². The molecule has 0 spiro atoms. The topological polar surface area (TPSA) is 42.0 Å². The summed E-state index contributed by atoms with van der Waals surface area (Å²) in [4.78, 5) is 18.4. The Morgan fingerprint density at radius 2 is 1.88 bits per heavy atom. The van der Waals surface area contributed by atoms with Crippen LogP contribution >= 0.6 is 11.3 Å². The lowest BCUT2D eigenvalue weighted by atomic mass is 10.1. The van der Waals surface area contributed by atoms with Crippen LogP contribution in [-0.4, -0.2) is 10.9 Å². The van der Waals surface area contributed by atoms with E-state index < -0.39 is 0 Å². The quantitative estimate of drug-likeness (QED) is 0.541. The van der Waals surface area contributed by atoms with Gasteiger partial charge in [0.05, 0.1) is 21.8 Å². The molecule has 3 aromatic rings. The number of pyridine rings is 1. The van der Waals surface area contributed by atoms with Gasteiger partial charge in [-0.3, -0.25) is 9.78 Å². The van der Waals surface area contributed by atoms with E-state index in [1.807, 2.05) is 60.7 Å². The van der Waals surface area contributed by atoms with E-state index in [9.17, 15) is 4.79 Å². The highest BCUT2D eigenvalue weighted by Crippen LogP contribution is 2.32. The van der Waals surface area contributed by atoms with Gasteiger partial charge in [-0.05, 0) is 42.5 Å². The SMILES string of the molecule is O=C1Nc2cccnc2C1=Cc1ccc(C#Cc2ccccc2)s1. The number of aromatic nitrogens is 1. The molecule has 0 unspecified atom stereocenters. The summed E-state index contributed by atoms with van der Waals surface area (Å²) in [5.74, 6) is 6.18. The summed E-state index contributed by atoms with van der Waals surface area (Å²) in [7, 11) is 0. The van der Waals surface area contributed by atoms with Crippen LogP contribution in [0.1, 0.15) is 21.0 Å². The molecule has 1 aliphatic heterocycles. The zero-order valence-corrected chi connectivity index (χ0v) is 13.4. The van der Waals surface area contributed by atoms with Gasteiger partial charge >= 0.3 is 0 Å². The van der Waals surface area contributed by atoms with Crippen molar-refractivity contribution in [3.63, 3.8) is 0 Å². The summed E-state index contributed by atoms with van der Waals surface area (Å²) >= 11 is 1.56. The molecule has 0 aliphatic carbocycles. The zero-order valence-electron chi connectivity index (χ0n) is 12.6. The fourth-order valence-electron chi connectivity index (χ4n) is 2.45. The van der Waals surface area contributed by atoms with Gasteiger partial charge in [-0.25, -0.2) is 0 Å². The Labute approximate surface area is 143 Å². The molecule has 24 heavy (non-hydrogen) atoms. The highest BCUT2D eigenvalue weighted by atomic mass is 32.1. The molecular formula is C20H12N2OS. The number of nitrogens with zero attached hydrogens (tertiary/aromatic N) is 1. The maximum atomic E-state index is 12.1. The maximum absolute atomic E-state index is 12.1. The highest BCUT2D eigenvalue weighted by molar-refractivity contribution is 7.13. The summed E-state index contributed by atoms with van der Waals surface area (Å²) in [6, 6.07) is 17.5. The summed E-state index contributed by atoms with van der Waals surface area (Å²) in [5, 5.41) is 2.83. The Bertz CT molecular complexity index is 1010. The van der Waals surface area contributed by atoms with E-state index in [0.29, 0.717) is 11.3 Å². The molecule has 1 N–H and O–H groups in total. The Kier molecular flexibility index (Phi) is 3.70. The van der Waals surface area contributed by atoms with Crippen molar-refractivity contribution in [3.8, 4) is 11.8 Å². The van der Waals surface area contributed by atoms with Gasteiger partial charge in [0.15, 0.2) is 0 Å². The first-order chi connectivity index (χ1) is 11.8. The maximum Gasteiger partial charge on any atom is 0.258 e. The number of hydrogen-bond acceptors (Lipinski definition) is 3. The van der Waals surface area contributed by atoms with E-state index in [0.717, 1.165) is 21.0 Å². The van der Waals surface area contributed by atoms with E-state index >= 15 is 0 Å². The van der Waals surface area contributed by atoms with Crippen LogP contribution in [0.25, 0.3) is 11.6 Å². The van der Waals surface area contributed by atoms with Gasteiger partial charge in [-0.1, -0.05) is 30.0 Å². The van der Waals surface area contributed by atoms with Crippen molar-refractivity contribution in [1.82, 2.24) is 4.98 Å². The first kappa shape index (κ1) is 14.4. The molecule has 2 aromatic heterocycles. The number of thiophene rings is 1. The van der Waals surface area contributed by atoms with Crippen LogP contribution in [0.3, 0.4) is 0 Å². The van der Waals surface area contributed by atoms with E-state index in [4.69, 9.17) is 0 Å². The molecule has 0 saturated carbocycles. The van der Waals surface area contributed by atoms with Crippen molar-refractivity contribution in [3.05, 3.63) is 81.8 Å². The van der Waals surface area contributed by atoms with Gasteiger partial charge in [0.2, 0.25) is 0 Å². The van der Waals surface area contributed by atoms with Crippen molar-refractivity contribution < 1.29 is 4.79 Å². The number of amides is 1. The number of nitrogens with one attached hydrogen (secondary N) is 1. The third-order valence-electron chi connectivity index (χ3n) is 3.57. The van der Waals surface area contributed by atoms with Crippen LogP contribution in [0.2, 0.25) is 0 Å². The smallest absolute Gasteiger partial charge is 0.258 e. The summed E-state index contributed by atoms with van der Waals surface area (Å²) < 4.78 is 0. The minimum absolute atomic E-state index is 0.117. The largest absolute Gasteiger partial charge is 0.320 e. The molecule has 0 atom stereocenters. The number of rotatable bonds is 1. The van der Waals surface area contributed by atoms with Crippen molar-refractivity contribution in [2.75, 3.05) is 5.32 Å². The number of carbonyl (C=O) groups is 1. The van der Waals surface area contributed by atoms with Crippen LogP contribution in [0.4, 0.5) is 5.69 Å². The van der Waals surface area contributed by atoms with E-state index in [-0.39, 0.29) is 5.91 Å². The standard InChI is InChI=1S/C20H12N2OS/c23-20-17(19-18(22-20)7-4-12-21-19)13-16-11-10-15(24-16)9-8-14-5-2-1-3-6-14/h1-7,10-13H,(H,22,23). The number of hydrogen-bond donors (Lipinski definition) is 1. The van der Waals surface area contributed by atoms with Crippen LogP contribution < -0.4 is 5.32 Å². The minimum atomic E-state index is -0.117. The average molecular weight is 328 g/mol. The van der Waals surface area contributed by atoms with Gasteiger partial charge in [0.25, 0.3) is 5.91 Å². The molecular weight excluding hydrogens is 316 g/mol. The normalized spacial score (nSPS) is 14.0. The molecule has 114 valence electrons. The van der Waals surface area contributed by atoms with E-state index in [2.05, 4.69) is 22.1 Å². The van der Waals surface area contributed by atoms with Crippen LogP contribution in [-0.2, 0) is 4.79 Å². The fourth-order valence-corrected chi connectivity index (χ4v) is 3.25. The summed E-state index contributed by atoms with van der Waals surface area (Å²) in [6.07, 6.45) is 3.56. The Morgan fingerprint density at radius 3 is 2.75 bits per heavy atom. The number of carbonyl (C=O) groups excluding carboxylic acids is 1. The van der Waals surface area contributed by atoms with E-state index in [1.165, 1.54) is 0 Å². The van der Waals surface area contributed by atoms with Crippen molar-refractivity contribution in [2.24, 2.45) is 0 Å². The summed E-state index contributed by atoms with van der Waals surface area (Å²) in [6.45, 7) is 0. The first-order valence-electron chi connectivity index (χ1n) is 7.45. The zero-order chi connectivity index (χ0) is 16.4. The Hall–Kier alpha value is -3.16. The molecule has 4 heteroatoms. The minimum Gasteiger partial charge on any atom is -0.320 e. The van der Waals surface area contributed by atoms with Gasteiger partial charge in [0, 0.05) is 16.6 Å². The van der Waals surface area contributed by atoms with Gasteiger partial charge in [-0.2, -0.15) is 0 Å². The lowest BCUT2D eigenvalue weighted by molar-refractivity contribution is -0.110. The average Bonchev–Trinajstić information content (AvgIpc) is 3.19. The lowest BCUT2D eigenvalue weighted by Gasteiger charge is -1.94. The van der Waals surface area contributed by atoms with Crippen molar-refractivity contribution >= 4 is 34.6 Å².